The zero-order valence-corrected chi connectivity index (χ0v) is 21.7. The van der Waals surface area contributed by atoms with Crippen molar-refractivity contribution in [2.45, 2.75) is 12.3 Å². The molecule has 1 aromatic heterocycles. The maximum absolute atomic E-state index is 13.0. The van der Waals surface area contributed by atoms with Crippen LogP contribution >= 0.6 is 23.2 Å². The lowest BCUT2D eigenvalue weighted by molar-refractivity contribution is -0.117. The van der Waals surface area contributed by atoms with Gasteiger partial charge in [0, 0.05) is 30.0 Å². The van der Waals surface area contributed by atoms with E-state index in [0.29, 0.717) is 33.9 Å². The van der Waals surface area contributed by atoms with E-state index < -0.39 is 10.0 Å². The highest BCUT2D eigenvalue weighted by Gasteiger charge is 2.32. The van der Waals surface area contributed by atoms with Crippen LogP contribution in [0.4, 0.5) is 17.2 Å². The van der Waals surface area contributed by atoms with Gasteiger partial charge < -0.3 is 15.4 Å². The first-order valence-corrected chi connectivity index (χ1v) is 13.6. The summed E-state index contributed by atoms with van der Waals surface area (Å²) < 4.78 is 30.8. The first kappa shape index (κ1) is 24.9. The topological polar surface area (TPSA) is 112 Å². The number of halogens is 2. The Bertz CT molecular complexity index is 1730. The fraction of sp³-hybridized carbons (Fsp3) is 0.160. The van der Waals surface area contributed by atoms with E-state index in [0.717, 1.165) is 15.9 Å². The molecule has 1 amide bonds. The SMILES string of the molecule is [C-]#[N+]c1cccc(Cl)c1Oc1cc([C@H]2CC(=O)N(c3ccc4c(c3)c(N)nn4S(C)(=O)=O)C2)ccc1Cl. The van der Waals surface area contributed by atoms with Gasteiger partial charge in [-0.15, -0.1) is 5.10 Å². The summed E-state index contributed by atoms with van der Waals surface area (Å²) in [5.41, 5.74) is 7.97. The largest absolute Gasteiger partial charge is 0.465 e. The molecule has 1 aliphatic heterocycles. The quantitative estimate of drug-likeness (QED) is 0.321. The van der Waals surface area contributed by atoms with Crippen molar-refractivity contribution in [3.63, 3.8) is 0 Å². The van der Waals surface area contributed by atoms with Crippen LogP contribution in [0.5, 0.6) is 11.5 Å². The summed E-state index contributed by atoms with van der Waals surface area (Å²) >= 11 is 12.6. The number of carbonyl (C=O) groups is 1. The van der Waals surface area contributed by atoms with Crippen LogP contribution in [0.2, 0.25) is 10.0 Å². The third-order valence-electron chi connectivity index (χ3n) is 6.12. The Morgan fingerprint density at radius 3 is 2.65 bits per heavy atom. The van der Waals surface area contributed by atoms with Gasteiger partial charge in [-0.3, -0.25) is 4.79 Å². The molecule has 3 aromatic carbocycles. The van der Waals surface area contributed by atoms with E-state index in [9.17, 15) is 13.2 Å². The number of nitrogen functional groups attached to an aromatic ring is 1. The molecule has 1 saturated heterocycles. The van der Waals surface area contributed by atoms with Gasteiger partial charge in [-0.2, -0.15) is 4.09 Å². The number of para-hydroxylation sites is 1. The molecular formula is C25H19Cl2N5O4S. The molecule has 1 atom stereocenters. The van der Waals surface area contributed by atoms with Crippen molar-refractivity contribution in [3.8, 4) is 11.5 Å². The van der Waals surface area contributed by atoms with Gasteiger partial charge in [0.2, 0.25) is 11.6 Å². The van der Waals surface area contributed by atoms with Crippen LogP contribution in [0, 0.1) is 6.57 Å². The number of nitrogens with zero attached hydrogens (tertiary/aromatic N) is 4. The van der Waals surface area contributed by atoms with E-state index >= 15 is 0 Å². The lowest BCUT2D eigenvalue weighted by Crippen LogP contribution is -2.24. The number of nitrogens with two attached hydrogens (primary N) is 1. The Kier molecular flexibility index (Phi) is 6.23. The number of rotatable bonds is 5. The van der Waals surface area contributed by atoms with Crippen molar-refractivity contribution in [1.29, 1.82) is 0 Å². The van der Waals surface area contributed by atoms with Gasteiger partial charge in [-0.05, 0) is 42.0 Å². The number of aromatic nitrogens is 2. The second-order valence-corrected chi connectivity index (χ2v) is 11.2. The lowest BCUT2D eigenvalue weighted by atomic mass is 9.98. The number of hydrogen-bond acceptors (Lipinski definition) is 6. The van der Waals surface area contributed by atoms with Gasteiger partial charge in [0.25, 0.3) is 10.0 Å². The highest BCUT2D eigenvalue weighted by molar-refractivity contribution is 7.89. The summed E-state index contributed by atoms with van der Waals surface area (Å²) in [5, 5.41) is 4.99. The Balaban J connectivity index is 1.44. The Hall–Kier alpha value is -3.78. The minimum Gasteiger partial charge on any atom is -0.465 e. The van der Waals surface area contributed by atoms with Gasteiger partial charge >= 0.3 is 0 Å². The highest BCUT2D eigenvalue weighted by Crippen LogP contribution is 2.42. The Morgan fingerprint density at radius 2 is 1.92 bits per heavy atom. The van der Waals surface area contributed by atoms with E-state index in [1.807, 2.05) is 6.07 Å². The zero-order valence-electron chi connectivity index (χ0n) is 19.4. The first-order valence-electron chi connectivity index (χ1n) is 11.0. The zero-order chi connectivity index (χ0) is 26.5. The van der Waals surface area contributed by atoms with Crippen LogP contribution in [-0.4, -0.2) is 36.3 Å². The summed E-state index contributed by atoms with van der Waals surface area (Å²) in [6, 6.07) is 15.1. The average Bonchev–Trinajstić information content (AvgIpc) is 3.41. The van der Waals surface area contributed by atoms with Gasteiger partial charge in [0.05, 0.1) is 28.4 Å². The fourth-order valence-corrected chi connectivity index (χ4v) is 5.47. The van der Waals surface area contributed by atoms with E-state index in [-0.39, 0.29) is 40.5 Å². The molecule has 188 valence electrons. The standard InChI is InChI=1S/C25H19Cl2N5O4S/c1-29-20-5-3-4-19(27)24(20)36-22-10-14(6-8-18(22)26)15-11-23(33)31(13-15)16-7-9-21-17(12-16)25(28)30-32(21)37(2,34)35/h3-10,12,15H,11,13H2,2H3,(H2,28,30)/t15-/m0/s1. The third-order valence-corrected chi connectivity index (χ3v) is 7.63. The van der Waals surface area contributed by atoms with Crippen molar-refractivity contribution in [2.24, 2.45) is 0 Å². The van der Waals surface area contributed by atoms with Gasteiger partial charge in [0.1, 0.15) is 5.75 Å². The first-order chi connectivity index (χ1) is 17.6. The normalized spacial score (nSPS) is 15.8. The van der Waals surface area contributed by atoms with Gasteiger partial charge in [0.15, 0.2) is 11.6 Å². The summed E-state index contributed by atoms with van der Waals surface area (Å²) in [6.07, 6.45) is 1.29. The van der Waals surface area contributed by atoms with Crippen LogP contribution < -0.4 is 15.4 Å². The van der Waals surface area contributed by atoms with E-state index in [1.54, 1.807) is 53.4 Å². The fourth-order valence-electron chi connectivity index (χ4n) is 4.35. The molecule has 0 aliphatic carbocycles. The van der Waals surface area contributed by atoms with E-state index in [4.69, 9.17) is 40.2 Å². The molecule has 2 N–H and O–H groups in total. The maximum atomic E-state index is 13.0. The van der Waals surface area contributed by atoms with Crippen molar-refractivity contribution in [1.82, 2.24) is 9.19 Å². The van der Waals surface area contributed by atoms with Crippen molar-refractivity contribution in [2.75, 3.05) is 23.4 Å². The molecule has 12 heteroatoms. The number of fused-ring (bicyclic) bond motifs is 1. The van der Waals surface area contributed by atoms with E-state index in [2.05, 4.69) is 9.94 Å². The van der Waals surface area contributed by atoms with Crippen LogP contribution in [-0.2, 0) is 14.8 Å². The van der Waals surface area contributed by atoms with Gasteiger partial charge in [-0.1, -0.05) is 41.4 Å². The van der Waals surface area contributed by atoms with Gasteiger partial charge in [-0.25, -0.2) is 13.3 Å². The number of benzene rings is 3. The molecule has 2 heterocycles. The van der Waals surface area contributed by atoms with Crippen molar-refractivity contribution in [3.05, 3.63) is 81.6 Å². The minimum atomic E-state index is -3.64. The second kappa shape index (κ2) is 9.27. The molecule has 5 rings (SSSR count). The van der Waals surface area contributed by atoms with Crippen molar-refractivity contribution < 1.29 is 17.9 Å². The molecule has 0 bridgehead atoms. The van der Waals surface area contributed by atoms with Crippen LogP contribution in [0.25, 0.3) is 15.7 Å². The number of ether oxygens (including phenoxy) is 1. The minimum absolute atomic E-state index is 0.0586. The summed E-state index contributed by atoms with van der Waals surface area (Å²) in [7, 11) is -3.64. The third kappa shape index (κ3) is 4.57. The summed E-state index contributed by atoms with van der Waals surface area (Å²) in [5.74, 6) is 0.333. The highest BCUT2D eigenvalue weighted by atomic mass is 35.5. The number of hydrogen-bond donors (Lipinski definition) is 1. The molecule has 1 fully saturated rings. The number of carbonyl (C=O) groups excluding carboxylic acids is 1. The number of anilines is 2. The Labute approximate surface area is 222 Å². The monoisotopic (exact) mass is 555 g/mol. The lowest BCUT2D eigenvalue weighted by Gasteiger charge is -2.18. The van der Waals surface area contributed by atoms with Crippen LogP contribution in [0.15, 0.2) is 54.6 Å². The molecule has 0 unspecified atom stereocenters. The molecular weight excluding hydrogens is 537 g/mol. The van der Waals surface area contributed by atoms with E-state index in [1.165, 1.54) is 0 Å². The maximum Gasteiger partial charge on any atom is 0.251 e. The molecule has 4 aromatic rings. The smallest absolute Gasteiger partial charge is 0.251 e. The van der Waals surface area contributed by atoms with Crippen LogP contribution in [0.1, 0.15) is 17.9 Å². The number of amides is 1. The van der Waals surface area contributed by atoms with Crippen LogP contribution in [0.3, 0.4) is 0 Å². The molecule has 9 nitrogen and oxygen atoms in total. The average molecular weight is 556 g/mol. The molecule has 1 aliphatic rings. The second-order valence-electron chi connectivity index (χ2n) is 8.59. The molecule has 0 radical (unpaired) electrons. The van der Waals surface area contributed by atoms with Crippen molar-refractivity contribution >= 4 is 67.2 Å². The molecule has 0 saturated carbocycles. The Morgan fingerprint density at radius 1 is 1.14 bits per heavy atom. The summed E-state index contributed by atoms with van der Waals surface area (Å²) in [6.45, 7) is 7.75. The molecule has 37 heavy (non-hydrogen) atoms. The predicted octanol–water partition coefficient (Wildman–Crippen LogP) is 5.60. The predicted molar refractivity (Wildman–Crippen MR) is 143 cm³/mol. The molecule has 0 spiro atoms. The summed E-state index contributed by atoms with van der Waals surface area (Å²) in [4.78, 5) is 18.1.